The third-order valence-corrected chi connectivity index (χ3v) is 12.0. The fourth-order valence-electron chi connectivity index (χ4n) is 9.31. The molecule has 0 saturated heterocycles. The van der Waals surface area contributed by atoms with E-state index in [1.165, 1.54) is 12.1 Å². The second kappa shape index (κ2) is 23.3. The number of amides is 2. The van der Waals surface area contributed by atoms with Crippen LogP contribution < -0.4 is 14.8 Å². The number of nitrogens with one attached hydrogen (secondary N) is 1. The van der Waals surface area contributed by atoms with Gasteiger partial charge in [0.25, 0.3) is 0 Å². The van der Waals surface area contributed by atoms with Crippen molar-refractivity contribution in [2.24, 2.45) is 22.9 Å². The summed E-state index contributed by atoms with van der Waals surface area (Å²) in [6.07, 6.45) is 6.95. The number of benzene rings is 3. The molecule has 1 saturated carbocycles. The lowest BCUT2D eigenvalue weighted by molar-refractivity contribution is -0.256. The number of allylic oxidation sites excluding steroid dienone is 1. The Morgan fingerprint density at radius 2 is 1.72 bits per heavy atom. The molecule has 6 atom stereocenters. The number of nitrogens with zero attached hydrogens (tertiary/aromatic N) is 2. The van der Waals surface area contributed by atoms with Gasteiger partial charge in [0.1, 0.15) is 35.6 Å². The third kappa shape index (κ3) is 12.5. The molecule has 14 heteroatoms. The molecule has 2 amide bonds. The number of aliphatic hydroxyl groups is 2. The van der Waals surface area contributed by atoms with Crippen LogP contribution in [-0.4, -0.2) is 90.0 Å². The maximum absolute atomic E-state index is 14.9. The normalized spacial score (nSPS) is 22.7. The van der Waals surface area contributed by atoms with Crippen molar-refractivity contribution in [1.29, 1.82) is 0 Å². The van der Waals surface area contributed by atoms with E-state index >= 15 is 0 Å². The van der Waals surface area contributed by atoms with Crippen LogP contribution in [0.3, 0.4) is 0 Å². The van der Waals surface area contributed by atoms with E-state index in [-0.39, 0.29) is 63.8 Å². The Balaban J connectivity index is 1.53. The summed E-state index contributed by atoms with van der Waals surface area (Å²) < 4.78 is 46.5. The molecule has 3 aromatic carbocycles. The molecule has 6 unspecified atom stereocenters. The predicted octanol–water partition coefficient (Wildman–Crippen LogP) is 9.22. The van der Waals surface area contributed by atoms with E-state index in [0.29, 0.717) is 55.2 Å². The molecule has 13 nitrogen and oxygen atoms in total. The molecule has 2 aliphatic carbocycles. The molecule has 0 bridgehead atoms. The van der Waals surface area contributed by atoms with Gasteiger partial charge in [0.15, 0.2) is 0 Å². The van der Waals surface area contributed by atoms with Gasteiger partial charge in [-0.05, 0) is 112 Å². The Morgan fingerprint density at radius 3 is 2.42 bits per heavy atom. The second-order valence-electron chi connectivity index (χ2n) is 17.8. The van der Waals surface area contributed by atoms with E-state index in [9.17, 15) is 24.2 Å². The number of halogens is 1. The van der Waals surface area contributed by atoms with Gasteiger partial charge in [-0.1, -0.05) is 72.6 Å². The Bertz CT molecular complexity index is 2090. The molecule has 6 rings (SSSR count). The Hall–Kier alpha value is -5.28. The quantitative estimate of drug-likeness (QED) is 0.0505. The summed E-state index contributed by atoms with van der Waals surface area (Å²) in [5.41, 5.74) is 3.19. The topological polar surface area (TPSA) is 158 Å². The summed E-state index contributed by atoms with van der Waals surface area (Å²) >= 11 is 0. The Labute approximate surface area is 382 Å². The van der Waals surface area contributed by atoms with Gasteiger partial charge in [0, 0.05) is 44.2 Å². The number of unbranched alkanes of at least 4 members (excludes halogenated alkanes) is 2. The highest BCUT2D eigenvalue weighted by atomic mass is 19.1. The molecule has 65 heavy (non-hydrogen) atoms. The van der Waals surface area contributed by atoms with Gasteiger partial charge < -0.3 is 44.1 Å². The van der Waals surface area contributed by atoms with E-state index in [1.807, 2.05) is 64.1 Å². The molecular weight excluding hydrogens is 834 g/mol. The summed E-state index contributed by atoms with van der Waals surface area (Å²) in [4.78, 5) is 35.5. The minimum Gasteiger partial charge on any atom is -0.459 e. The van der Waals surface area contributed by atoms with Crippen molar-refractivity contribution in [3.05, 3.63) is 120 Å². The maximum Gasteiger partial charge on any atom is 0.412 e. The van der Waals surface area contributed by atoms with Gasteiger partial charge in [-0.3, -0.25) is 4.90 Å². The lowest BCUT2D eigenvalue weighted by Crippen LogP contribution is -2.70. The summed E-state index contributed by atoms with van der Waals surface area (Å²) in [6.45, 7) is 12.5. The standard InChI is InChI=1S/C51H66FN3O10/c1-6-27-62-51-45(55(33-35-19-21-38(52)22-20-35)49(59)61-29-28-60-34-36-15-9-8-10-16-36)32-43(54-65-50(3,4)5)41-30-37(17-11-13-25-56)40(18-12-14-26-57)46(47(41)51)42-31-39(23-24-44(42)64-51)63-48(58)53-7-2/h6,8-10,15-16,19-24,30-31,37,40,45-47,56-57H,1,7,11-14,17-18,25-29,32-34H2,2-5H3,(H,53,58). The molecule has 3 aromatic rings. The van der Waals surface area contributed by atoms with Crippen LogP contribution >= 0.6 is 0 Å². The van der Waals surface area contributed by atoms with Crippen LogP contribution in [0.4, 0.5) is 14.0 Å². The molecule has 0 aromatic heterocycles. The molecule has 352 valence electrons. The highest BCUT2D eigenvalue weighted by Gasteiger charge is 2.65. The largest absolute Gasteiger partial charge is 0.459 e. The predicted molar refractivity (Wildman–Crippen MR) is 245 cm³/mol. The van der Waals surface area contributed by atoms with Crippen LogP contribution in [0.1, 0.15) is 95.2 Å². The Kier molecular flexibility index (Phi) is 17.6. The van der Waals surface area contributed by atoms with E-state index in [0.717, 1.165) is 36.0 Å². The van der Waals surface area contributed by atoms with Crippen molar-refractivity contribution < 1.29 is 52.7 Å². The van der Waals surface area contributed by atoms with Crippen molar-refractivity contribution in [3.8, 4) is 11.5 Å². The van der Waals surface area contributed by atoms with Gasteiger partial charge in [-0.2, -0.15) is 0 Å². The van der Waals surface area contributed by atoms with Gasteiger partial charge in [-0.25, -0.2) is 14.0 Å². The first-order valence-electron chi connectivity index (χ1n) is 22.9. The number of hydrogen-bond donors (Lipinski definition) is 3. The molecule has 1 aliphatic heterocycles. The number of carbonyl (C=O) groups excluding carboxylic acids is 2. The number of rotatable bonds is 22. The zero-order valence-corrected chi connectivity index (χ0v) is 38.2. The second-order valence-corrected chi connectivity index (χ2v) is 17.8. The van der Waals surface area contributed by atoms with Crippen molar-refractivity contribution in [2.75, 3.05) is 39.6 Å². The van der Waals surface area contributed by atoms with Gasteiger partial charge in [-0.15, -0.1) is 6.58 Å². The van der Waals surface area contributed by atoms with Crippen LogP contribution in [0.15, 0.2) is 102 Å². The first-order chi connectivity index (χ1) is 31.4. The molecular formula is C51H66FN3O10. The van der Waals surface area contributed by atoms with Crippen molar-refractivity contribution in [2.45, 2.75) is 109 Å². The number of ether oxygens (including phenoxy) is 5. The zero-order chi connectivity index (χ0) is 46.4. The van der Waals surface area contributed by atoms with Crippen molar-refractivity contribution in [3.63, 3.8) is 0 Å². The van der Waals surface area contributed by atoms with Crippen molar-refractivity contribution in [1.82, 2.24) is 10.2 Å². The molecule has 0 radical (unpaired) electrons. The summed E-state index contributed by atoms with van der Waals surface area (Å²) in [5.74, 6) is -2.26. The molecule has 0 spiro atoms. The fraction of sp³-hybridized carbons (Fsp3) is 0.510. The third-order valence-electron chi connectivity index (χ3n) is 12.0. The van der Waals surface area contributed by atoms with Crippen LogP contribution in [-0.2, 0) is 32.2 Å². The zero-order valence-electron chi connectivity index (χ0n) is 38.2. The molecule has 1 heterocycles. The van der Waals surface area contributed by atoms with Crippen LogP contribution in [0.5, 0.6) is 11.5 Å². The smallest absolute Gasteiger partial charge is 0.412 e. The lowest BCUT2D eigenvalue weighted by Gasteiger charge is -2.60. The minimum atomic E-state index is -1.59. The highest BCUT2D eigenvalue weighted by molar-refractivity contribution is 6.03. The first kappa shape index (κ1) is 49.2. The van der Waals surface area contributed by atoms with Crippen LogP contribution in [0.2, 0.25) is 0 Å². The first-order valence-corrected chi connectivity index (χ1v) is 22.9. The maximum atomic E-state index is 14.9. The monoisotopic (exact) mass is 899 g/mol. The number of fused-ring (bicyclic) bond motifs is 2. The number of aliphatic hydroxyl groups excluding tert-OH is 2. The SMILES string of the molecule is C=CCOC12Oc3ccc(OC(=O)NCC)cc3C3C(CCCCO)C(CCCCO)C=C(C(=NOC(C)(C)C)CC1N(Cc1ccc(F)cc1)C(=O)OCCOCc1ccccc1)C32. The molecule has 3 aliphatic rings. The van der Waals surface area contributed by atoms with Gasteiger partial charge in [0.2, 0.25) is 5.79 Å². The number of hydrogen-bond acceptors (Lipinski definition) is 11. The summed E-state index contributed by atoms with van der Waals surface area (Å²) in [7, 11) is 0. The van der Waals surface area contributed by atoms with Crippen LogP contribution in [0, 0.1) is 23.6 Å². The minimum absolute atomic E-state index is 0.00303. The average molecular weight is 900 g/mol. The van der Waals surface area contributed by atoms with E-state index in [2.05, 4.69) is 18.0 Å². The fourth-order valence-corrected chi connectivity index (χ4v) is 9.31. The van der Waals surface area contributed by atoms with E-state index in [1.54, 1.807) is 35.2 Å². The number of carbonyl (C=O) groups is 2. The Morgan fingerprint density at radius 1 is 0.985 bits per heavy atom. The van der Waals surface area contributed by atoms with Gasteiger partial charge in [0.05, 0.1) is 31.5 Å². The van der Waals surface area contributed by atoms with E-state index < -0.39 is 41.4 Å². The highest BCUT2D eigenvalue weighted by Crippen LogP contribution is 2.62. The van der Waals surface area contributed by atoms with Crippen molar-refractivity contribution >= 4 is 17.9 Å². The average Bonchev–Trinajstić information content (AvgIpc) is 3.28. The van der Waals surface area contributed by atoms with Crippen LogP contribution in [0.25, 0.3) is 0 Å². The number of oxime groups is 1. The lowest BCUT2D eigenvalue weighted by atomic mass is 9.55. The summed E-state index contributed by atoms with van der Waals surface area (Å²) in [5, 5.41) is 27.5. The summed E-state index contributed by atoms with van der Waals surface area (Å²) in [6, 6.07) is 20.1. The van der Waals surface area contributed by atoms with E-state index in [4.69, 9.17) is 33.7 Å². The molecule has 1 fully saturated rings. The van der Waals surface area contributed by atoms with Gasteiger partial charge >= 0.3 is 12.2 Å². The molecule has 3 N–H and O–H groups in total.